The van der Waals surface area contributed by atoms with E-state index >= 15 is 0 Å². The van der Waals surface area contributed by atoms with Crippen LogP contribution in [-0.2, 0) is 0 Å². The molecule has 0 bridgehead atoms. The summed E-state index contributed by atoms with van der Waals surface area (Å²) >= 11 is 6.09. The number of anilines is 1. The van der Waals surface area contributed by atoms with Crippen molar-refractivity contribution in [2.75, 3.05) is 32.1 Å². The molecule has 1 saturated heterocycles. The van der Waals surface area contributed by atoms with Gasteiger partial charge in [-0.3, -0.25) is 4.99 Å². The Bertz CT molecular complexity index is 541. The number of likely N-dealkylation sites (tertiary alicyclic amines) is 1. The van der Waals surface area contributed by atoms with Gasteiger partial charge < -0.3 is 20.7 Å². The molecule has 3 N–H and O–H groups in total. The molecule has 0 saturated carbocycles. The summed E-state index contributed by atoms with van der Waals surface area (Å²) in [5.74, 6) is 1.06. The molecule has 1 heterocycles. The van der Waals surface area contributed by atoms with Crippen LogP contribution in [0.5, 0.6) is 5.75 Å². The number of nitrogens with two attached hydrogens (primary N) is 1. The SMILES string of the molecule is COc1ccc(NC(N)=NCCCN2CCCCC2C)cc1Cl.I. The molecule has 136 valence electrons. The normalized spacial score (nSPS) is 18.8. The van der Waals surface area contributed by atoms with Crippen molar-refractivity contribution < 1.29 is 4.74 Å². The lowest BCUT2D eigenvalue weighted by Gasteiger charge is -2.33. The van der Waals surface area contributed by atoms with E-state index in [0.717, 1.165) is 25.2 Å². The molecule has 1 aromatic rings. The van der Waals surface area contributed by atoms with Gasteiger partial charge in [0.1, 0.15) is 5.75 Å². The van der Waals surface area contributed by atoms with Gasteiger partial charge in [-0.1, -0.05) is 18.0 Å². The van der Waals surface area contributed by atoms with Gasteiger partial charge >= 0.3 is 0 Å². The standard InChI is InChI=1S/C17H27ClN4O.HI/c1-13-6-3-4-10-22(13)11-5-9-20-17(19)21-14-7-8-16(23-2)15(18)12-14;/h7-8,12-13H,3-6,9-11H2,1-2H3,(H3,19,20,21);1H. The van der Waals surface area contributed by atoms with Crippen molar-refractivity contribution in [1.82, 2.24) is 4.90 Å². The average Bonchev–Trinajstić information content (AvgIpc) is 2.53. The Morgan fingerprint density at radius 2 is 2.25 bits per heavy atom. The molecule has 24 heavy (non-hydrogen) atoms. The van der Waals surface area contributed by atoms with Gasteiger partial charge in [-0.15, -0.1) is 24.0 Å². The number of rotatable bonds is 6. The van der Waals surface area contributed by atoms with Crippen LogP contribution in [0.2, 0.25) is 5.02 Å². The zero-order chi connectivity index (χ0) is 16.7. The Morgan fingerprint density at radius 3 is 2.92 bits per heavy atom. The topological polar surface area (TPSA) is 62.9 Å². The molecule has 0 aromatic heterocycles. The second-order valence-electron chi connectivity index (χ2n) is 5.98. The van der Waals surface area contributed by atoms with Crippen LogP contribution in [0, 0.1) is 0 Å². The first-order chi connectivity index (χ1) is 11.1. The van der Waals surface area contributed by atoms with Crippen LogP contribution < -0.4 is 15.8 Å². The van der Waals surface area contributed by atoms with E-state index in [1.807, 2.05) is 6.07 Å². The third-order valence-corrected chi connectivity index (χ3v) is 4.55. The van der Waals surface area contributed by atoms with E-state index in [-0.39, 0.29) is 24.0 Å². The highest BCUT2D eigenvalue weighted by Gasteiger charge is 2.16. The molecule has 0 aliphatic carbocycles. The van der Waals surface area contributed by atoms with Crippen molar-refractivity contribution in [3.8, 4) is 5.75 Å². The van der Waals surface area contributed by atoms with E-state index in [1.165, 1.54) is 25.8 Å². The number of methoxy groups -OCH3 is 1. The van der Waals surface area contributed by atoms with Crippen LogP contribution in [0.15, 0.2) is 23.2 Å². The van der Waals surface area contributed by atoms with Crippen molar-refractivity contribution in [2.45, 2.75) is 38.6 Å². The minimum atomic E-state index is 0. The Labute approximate surface area is 167 Å². The number of hydrogen-bond donors (Lipinski definition) is 2. The molecule has 7 heteroatoms. The summed E-state index contributed by atoms with van der Waals surface area (Å²) in [6.07, 6.45) is 5.01. The first-order valence-electron chi connectivity index (χ1n) is 8.24. The van der Waals surface area contributed by atoms with Gasteiger partial charge in [0.2, 0.25) is 0 Å². The number of hydrogen-bond acceptors (Lipinski definition) is 3. The molecule has 2 rings (SSSR count). The van der Waals surface area contributed by atoms with Crippen molar-refractivity contribution >= 4 is 47.2 Å². The lowest BCUT2D eigenvalue weighted by atomic mass is 10.0. The maximum atomic E-state index is 6.09. The molecule has 5 nitrogen and oxygen atoms in total. The molecule has 1 fully saturated rings. The summed E-state index contributed by atoms with van der Waals surface area (Å²) in [5.41, 5.74) is 6.73. The highest BCUT2D eigenvalue weighted by molar-refractivity contribution is 14.0. The molecule has 1 aliphatic heterocycles. The number of nitrogens with one attached hydrogen (secondary N) is 1. The third-order valence-electron chi connectivity index (χ3n) is 4.25. The molecule has 1 unspecified atom stereocenters. The summed E-state index contributed by atoms with van der Waals surface area (Å²) < 4.78 is 5.12. The molecule has 1 aromatic carbocycles. The number of guanidine groups is 1. The summed E-state index contributed by atoms with van der Waals surface area (Å²) in [6.45, 7) is 5.34. The Morgan fingerprint density at radius 1 is 1.46 bits per heavy atom. The van der Waals surface area contributed by atoms with Gasteiger partial charge in [0.25, 0.3) is 0 Å². The molecular weight excluding hydrogens is 439 g/mol. The zero-order valence-electron chi connectivity index (χ0n) is 14.4. The van der Waals surface area contributed by atoms with E-state index < -0.39 is 0 Å². The summed E-state index contributed by atoms with van der Waals surface area (Å²) in [4.78, 5) is 6.93. The molecular formula is C17H28ClIN4O. The quantitative estimate of drug-likeness (QED) is 0.288. The van der Waals surface area contributed by atoms with Crippen LogP contribution in [0.25, 0.3) is 0 Å². The highest BCUT2D eigenvalue weighted by Crippen LogP contribution is 2.27. The minimum Gasteiger partial charge on any atom is -0.495 e. The smallest absolute Gasteiger partial charge is 0.193 e. The monoisotopic (exact) mass is 466 g/mol. The van der Waals surface area contributed by atoms with Gasteiger partial charge in [-0.2, -0.15) is 0 Å². The van der Waals surface area contributed by atoms with Gasteiger partial charge in [0, 0.05) is 24.8 Å². The lowest BCUT2D eigenvalue weighted by Crippen LogP contribution is -2.38. The van der Waals surface area contributed by atoms with E-state index in [0.29, 0.717) is 22.8 Å². The fraction of sp³-hybridized carbons (Fsp3) is 0.588. The van der Waals surface area contributed by atoms with E-state index in [1.54, 1.807) is 19.2 Å². The fourth-order valence-electron chi connectivity index (χ4n) is 2.89. The maximum Gasteiger partial charge on any atom is 0.193 e. The predicted molar refractivity (Wildman–Crippen MR) is 113 cm³/mol. The number of aliphatic imine (C=N–C) groups is 1. The number of halogens is 2. The summed E-state index contributed by atoms with van der Waals surface area (Å²) in [5, 5.41) is 3.60. The maximum absolute atomic E-state index is 6.09. The van der Waals surface area contributed by atoms with Crippen molar-refractivity contribution in [1.29, 1.82) is 0 Å². The van der Waals surface area contributed by atoms with Gasteiger partial charge in [0.05, 0.1) is 12.1 Å². The second kappa shape index (κ2) is 11.0. The largest absolute Gasteiger partial charge is 0.495 e. The first kappa shape index (κ1) is 21.3. The molecule has 1 atom stereocenters. The van der Waals surface area contributed by atoms with Crippen LogP contribution in [0.1, 0.15) is 32.6 Å². The third kappa shape index (κ3) is 6.64. The van der Waals surface area contributed by atoms with Gasteiger partial charge in [-0.25, -0.2) is 0 Å². The van der Waals surface area contributed by atoms with E-state index in [9.17, 15) is 0 Å². The number of ether oxygens (including phenoxy) is 1. The Balaban J connectivity index is 0.00000288. The lowest BCUT2D eigenvalue weighted by molar-refractivity contribution is 0.160. The number of nitrogens with zero attached hydrogens (tertiary/aromatic N) is 2. The summed E-state index contributed by atoms with van der Waals surface area (Å²) in [6, 6.07) is 6.14. The van der Waals surface area contributed by atoms with Crippen molar-refractivity contribution in [3.05, 3.63) is 23.2 Å². The summed E-state index contributed by atoms with van der Waals surface area (Å²) in [7, 11) is 1.59. The predicted octanol–water partition coefficient (Wildman–Crippen LogP) is 3.96. The molecule has 0 radical (unpaired) electrons. The van der Waals surface area contributed by atoms with Crippen LogP contribution in [0.3, 0.4) is 0 Å². The first-order valence-corrected chi connectivity index (χ1v) is 8.62. The van der Waals surface area contributed by atoms with Crippen LogP contribution in [-0.4, -0.2) is 43.6 Å². The fourth-order valence-corrected chi connectivity index (χ4v) is 3.15. The highest BCUT2D eigenvalue weighted by atomic mass is 127. The average molecular weight is 467 g/mol. The Hall–Kier alpha value is -0.730. The van der Waals surface area contributed by atoms with Gasteiger partial charge in [0.15, 0.2) is 5.96 Å². The number of benzene rings is 1. The molecule has 1 aliphatic rings. The molecule has 0 spiro atoms. The van der Waals surface area contributed by atoms with E-state index in [4.69, 9.17) is 22.1 Å². The van der Waals surface area contributed by atoms with Crippen LogP contribution in [0.4, 0.5) is 5.69 Å². The van der Waals surface area contributed by atoms with E-state index in [2.05, 4.69) is 22.1 Å². The zero-order valence-corrected chi connectivity index (χ0v) is 17.5. The molecule has 0 amide bonds. The Kier molecular flexibility index (Phi) is 9.76. The van der Waals surface area contributed by atoms with Crippen molar-refractivity contribution in [2.24, 2.45) is 10.7 Å². The minimum absolute atomic E-state index is 0. The second-order valence-corrected chi connectivity index (χ2v) is 6.38. The van der Waals surface area contributed by atoms with Crippen LogP contribution >= 0.6 is 35.6 Å². The van der Waals surface area contributed by atoms with Crippen molar-refractivity contribution in [3.63, 3.8) is 0 Å². The van der Waals surface area contributed by atoms with Gasteiger partial charge in [-0.05, 0) is 50.9 Å². The number of piperidine rings is 1.